The first-order chi connectivity index (χ1) is 11.7. The lowest BCUT2D eigenvalue weighted by Gasteiger charge is -2.46. The molecule has 2 heterocycles. The van der Waals surface area contributed by atoms with Crippen LogP contribution in [0, 0.1) is 5.82 Å². The van der Waals surface area contributed by atoms with Gasteiger partial charge in [-0.1, -0.05) is 11.6 Å². The maximum atomic E-state index is 14.4. The van der Waals surface area contributed by atoms with Crippen LogP contribution in [0.25, 0.3) is 0 Å². The third-order valence-corrected chi connectivity index (χ3v) is 5.30. The highest BCUT2D eigenvalue weighted by Gasteiger charge is 2.37. The van der Waals surface area contributed by atoms with Crippen molar-refractivity contribution in [1.29, 1.82) is 0 Å². The van der Waals surface area contributed by atoms with Crippen LogP contribution in [0.3, 0.4) is 0 Å². The van der Waals surface area contributed by atoms with Gasteiger partial charge in [-0.3, -0.25) is 0 Å². The van der Waals surface area contributed by atoms with Crippen molar-refractivity contribution in [3.63, 3.8) is 0 Å². The Kier molecular flexibility index (Phi) is 5.43. The predicted molar refractivity (Wildman–Crippen MR) is 97.2 cm³/mol. The van der Waals surface area contributed by atoms with E-state index in [2.05, 4.69) is 38.3 Å². The van der Waals surface area contributed by atoms with Crippen molar-refractivity contribution in [2.24, 2.45) is 0 Å². The summed E-state index contributed by atoms with van der Waals surface area (Å²) in [4.78, 5) is 0. The number of benzene rings is 1. The van der Waals surface area contributed by atoms with Gasteiger partial charge in [0.2, 0.25) is 0 Å². The summed E-state index contributed by atoms with van der Waals surface area (Å²) in [5.41, 5.74) is 1.25. The van der Waals surface area contributed by atoms with E-state index >= 15 is 0 Å². The van der Waals surface area contributed by atoms with Gasteiger partial charge in [-0.05, 0) is 52.7 Å². The summed E-state index contributed by atoms with van der Waals surface area (Å²) in [6.45, 7) is 10.3. The summed E-state index contributed by atoms with van der Waals surface area (Å²) in [7, 11) is 0. The molecule has 0 saturated carbocycles. The monoisotopic (exact) mass is 370 g/mol. The number of rotatable bonds is 4. The Hall–Kier alpha value is -0.720. The van der Waals surface area contributed by atoms with Crippen LogP contribution in [0.5, 0.6) is 0 Å². The third kappa shape index (κ3) is 4.52. The topological polar surface area (TPSA) is 42.5 Å². The van der Waals surface area contributed by atoms with Gasteiger partial charge < -0.3 is 20.1 Å². The molecule has 3 rings (SSSR count). The van der Waals surface area contributed by atoms with E-state index in [1.165, 1.54) is 6.07 Å². The number of hydrogen-bond donors (Lipinski definition) is 2. The molecule has 0 atom stereocenters. The van der Waals surface area contributed by atoms with Gasteiger partial charge in [0, 0.05) is 34.8 Å². The largest absolute Gasteiger partial charge is 0.346 e. The number of halogens is 2. The molecule has 2 fully saturated rings. The summed E-state index contributed by atoms with van der Waals surface area (Å²) in [5.74, 6) is -0.299. The highest BCUT2D eigenvalue weighted by Crippen LogP contribution is 2.34. The molecule has 1 aromatic carbocycles. The summed E-state index contributed by atoms with van der Waals surface area (Å²) >= 11 is 6.47. The van der Waals surface area contributed by atoms with Crippen molar-refractivity contribution in [1.82, 2.24) is 10.6 Å². The first kappa shape index (κ1) is 19.1. The van der Waals surface area contributed by atoms with Crippen molar-refractivity contribution < 1.29 is 13.9 Å². The zero-order valence-electron chi connectivity index (χ0n) is 15.4. The second-order valence-corrected chi connectivity index (χ2v) is 8.76. The van der Waals surface area contributed by atoms with E-state index in [4.69, 9.17) is 21.1 Å². The van der Waals surface area contributed by atoms with E-state index in [9.17, 15) is 4.39 Å². The SMILES string of the molecule is CC1(C)CC(NCc2c(F)ccc(C3OCCO3)c2Cl)CC(C)(C)N1. The van der Waals surface area contributed by atoms with Gasteiger partial charge in [0.15, 0.2) is 6.29 Å². The van der Waals surface area contributed by atoms with Crippen molar-refractivity contribution in [2.75, 3.05) is 13.2 Å². The van der Waals surface area contributed by atoms with Crippen molar-refractivity contribution in [3.05, 3.63) is 34.1 Å². The van der Waals surface area contributed by atoms with E-state index in [1.807, 2.05) is 0 Å². The third-order valence-electron chi connectivity index (χ3n) is 4.85. The van der Waals surface area contributed by atoms with E-state index in [0.717, 1.165) is 12.8 Å². The Morgan fingerprint density at radius 2 is 1.76 bits per heavy atom. The number of hydrogen-bond acceptors (Lipinski definition) is 4. The molecule has 2 N–H and O–H groups in total. The standard InChI is InChI=1S/C19H28ClFN2O2/c1-18(2)9-12(10-19(3,4)23-18)22-11-14-15(21)6-5-13(16(14)20)17-24-7-8-25-17/h5-6,12,17,22-23H,7-11H2,1-4H3. The maximum Gasteiger partial charge on any atom is 0.185 e. The van der Waals surface area contributed by atoms with Crippen LogP contribution in [0.4, 0.5) is 4.39 Å². The van der Waals surface area contributed by atoms with Crippen LogP contribution >= 0.6 is 11.6 Å². The molecule has 6 heteroatoms. The number of ether oxygens (including phenoxy) is 2. The second-order valence-electron chi connectivity index (χ2n) is 8.38. The van der Waals surface area contributed by atoms with E-state index in [1.54, 1.807) is 6.07 Å². The van der Waals surface area contributed by atoms with Gasteiger partial charge in [-0.15, -0.1) is 0 Å². The van der Waals surface area contributed by atoms with Gasteiger partial charge in [0.1, 0.15) is 5.82 Å². The molecule has 25 heavy (non-hydrogen) atoms. The molecule has 0 amide bonds. The maximum absolute atomic E-state index is 14.4. The molecular formula is C19H28ClFN2O2. The fraction of sp³-hybridized carbons (Fsp3) is 0.684. The van der Waals surface area contributed by atoms with Gasteiger partial charge in [-0.2, -0.15) is 0 Å². The zero-order valence-corrected chi connectivity index (χ0v) is 16.2. The summed E-state index contributed by atoms with van der Waals surface area (Å²) in [5, 5.41) is 7.55. The van der Waals surface area contributed by atoms with Gasteiger partial charge in [0.05, 0.1) is 18.2 Å². The van der Waals surface area contributed by atoms with Crippen LogP contribution < -0.4 is 10.6 Å². The van der Waals surface area contributed by atoms with Crippen molar-refractivity contribution in [2.45, 2.75) is 70.5 Å². The Bertz CT molecular complexity index is 614. The molecule has 2 aliphatic heterocycles. The van der Waals surface area contributed by atoms with Crippen LogP contribution in [0.2, 0.25) is 5.02 Å². The Morgan fingerprint density at radius 1 is 1.16 bits per heavy atom. The molecule has 0 aromatic heterocycles. The van der Waals surface area contributed by atoms with E-state index < -0.39 is 6.29 Å². The Labute approximate surface area is 154 Å². The molecule has 4 nitrogen and oxygen atoms in total. The minimum Gasteiger partial charge on any atom is -0.346 e. The molecule has 0 unspecified atom stereocenters. The fourth-order valence-corrected chi connectivity index (χ4v) is 4.52. The lowest BCUT2D eigenvalue weighted by Crippen LogP contribution is -2.61. The predicted octanol–water partition coefficient (Wildman–Crippen LogP) is 3.92. The average Bonchev–Trinajstić information content (AvgIpc) is 2.97. The molecule has 0 aliphatic carbocycles. The molecular weight excluding hydrogens is 343 g/mol. The first-order valence-electron chi connectivity index (χ1n) is 8.90. The summed E-state index contributed by atoms with van der Waals surface area (Å²) < 4.78 is 25.4. The molecule has 2 aliphatic rings. The summed E-state index contributed by atoms with van der Waals surface area (Å²) in [6, 6.07) is 3.39. The first-order valence-corrected chi connectivity index (χ1v) is 9.27. The molecule has 0 radical (unpaired) electrons. The molecule has 0 spiro atoms. The smallest absolute Gasteiger partial charge is 0.185 e. The fourth-order valence-electron chi connectivity index (χ4n) is 4.21. The molecule has 1 aromatic rings. The molecule has 2 saturated heterocycles. The van der Waals surface area contributed by atoms with Gasteiger partial charge in [-0.25, -0.2) is 4.39 Å². The Balaban J connectivity index is 1.73. The van der Waals surface area contributed by atoms with Crippen LogP contribution in [-0.4, -0.2) is 30.3 Å². The van der Waals surface area contributed by atoms with E-state index in [-0.39, 0.29) is 16.9 Å². The van der Waals surface area contributed by atoms with Crippen molar-refractivity contribution in [3.8, 4) is 0 Å². The van der Waals surface area contributed by atoms with Gasteiger partial charge in [0.25, 0.3) is 0 Å². The average molecular weight is 371 g/mol. The van der Waals surface area contributed by atoms with Crippen LogP contribution in [0.15, 0.2) is 12.1 Å². The summed E-state index contributed by atoms with van der Waals surface area (Å²) in [6.07, 6.45) is 1.46. The highest BCUT2D eigenvalue weighted by atomic mass is 35.5. The van der Waals surface area contributed by atoms with Crippen molar-refractivity contribution >= 4 is 11.6 Å². The van der Waals surface area contributed by atoms with Crippen LogP contribution in [0.1, 0.15) is 58.0 Å². The number of nitrogens with one attached hydrogen (secondary N) is 2. The lowest BCUT2D eigenvalue weighted by atomic mass is 9.79. The minimum absolute atomic E-state index is 0.0368. The molecule has 0 bridgehead atoms. The normalized spacial score (nSPS) is 23.9. The molecule has 140 valence electrons. The minimum atomic E-state index is -0.497. The Morgan fingerprint density at radius 3 is 2.36 bits per heavy atom. The lowest BCUT2D eigenvalue weighted by molar-refractivity contribution is -0.0441. The highest BCUT2D eigenvalue weighted by molar-refractivity contribution is 6.32. The quantitative estimate of drug-likeness (QED) is 0.842. The van der Waals surface area contributed by atoms with E-state index in [0.29, 0.717) is 41.9 Å². The van der Waals surface area contributed by atoms with Crippen LogP contribution in [-0.2, 0) is 16.0 Å². The zero-order chi connectivity index (χ0) is 18.2. The van der Waals surface area contributed by atoms with Gasteiger partial charge >= 0.3 is 0 Å². The second kappa shape index (κ2) is 7.12. The number of piperidine rings is 1.